The number of nitrogens with zero attached hydrogens (tertiary/aromatic N) is 1. The minimum atomic E-state index is -3.46. The number of pyridine rings is 1. The van der Waals surface area contributed by atoms with E-state index in [1.807, 2.05) is 6.07 Å². The first-order chi connectivity index (χ1) is 8.47. The van der Waals surface area contributed by atoms with Crippen LogP contribution >= 0.6 is 0 Å². The van der Waals surface area contributed by atoms with Gasteiger partial charge in [-0.05, 0) is 18.2 Å². The molecule has 96 valence electrons. The van der Waals surface area contributed by atoms with Crippen molar-refractivity contribution in [2.45, 2.75) is 0 Å². The molecule has 0 saturated heterocycles. The zero-order valence-electron chi connectivity index (χ0n) is 9.63. The molecule has 0 aliphatic heterocycles. The molecule has 0 unspecified atom stereocenters. The maximum absolute atomic E-state index is 10.8. The summed E-state index contributed by atoms with van der Waals surface area (Å²) in [5.41, 5.74) is 7.28. The van der Waals surface area contributed by atoms with Gasteiger partial charge in [-0.15, -0.1) is 0 Å². The molecule has 18 heavy (non-hydrogen) atoms. The summed E-state index contributed by atoms with van der Waals surface area (Å²) in [5, 5.41) is 9.70. The molecule has 0 aliphatic rings. The fourth-order valence-electron chi connectivity index (χ4n) is 1.69. The van der Waals surface area contributed by atoms with Crippen molar-refractivity contribution in [3.8, 4) is 0 Å². The number of fused-ring (bicyclic) bond motifs is 1. The molecule has 0 atom stereocenters. The predicted molar refractivity (Wildman–Crippen MR) is 72.6 cm³/mol. The van der Waals surface area contributed by atoms with Crippen LogP contribution in [-0.4, -0.2) is 25.7 Å². The number of hydrogen-bond donors (Lipinski definition) is 3. The number of hydrogen-bond acceptors (Lipinski definition) is 5. The van der Waals surface area contributed by atoms with Crippen LogP contribution in [0.2, 0.25) is 0 Å². The van der Waals surface area contributed by atoms with Gasteiger partial charge in [-0.3, -0.25) is 4.98 Å². The molecule has 1 heterocycles. The second-order valence-corrected chi connectivity index (χ2v) is 5.65. The van der Waals surface area contributed by atoms with E-state index < -0.39 is 10.0 Å². The first-order valence-corrected chi connectivity index (χ1v) is 7.05. The molecular formula is C11H14N4O2S. The summed E-state index contributed by atoms with van der Waals surface area (Å²) in [4.78, 5) is 4.01. The number of nitrogens with one attached hydrogen (secondary N) is 1. The van der Waals surface area contributed by atoms with Crippen LogP contribution < -0.4 is 16.2 Å². The average Bonchev–Trinajstić information content (AvgIpc) is 2.31. The van der Waals surface area contributed by atoms with E-state index in [1.54, 1.807) is 24.5 Å². The van der Waals surface area contributed by atoms with Crippen molar-refractivity contribution >= 4 is 32.2 Å². The highest BCUT2D eigenvalue weighted by molar-refractivity contribution is 7.89. The zero-order valence-corrected chi connectivity index (χ0v) is 10.4. The summed E-state index contributed by atoms with van der Waals surface area (Å²) in [7, 11) is -3.46. The molecular weight excluding hydrogens is 252 g/mol. The molecule has 0 saturated carbocycles. The summed E-state index contributed by atoms with van der Waals surface area (Å²) in [5.74, 6) is -0.121. The van der Waals surface area contributed by atoms with Crippen molar-refractivity contribution in [3.63, 3.8) is 0 Å². The minimum Gasteiger partial charge on any atom is -0.398 e. The monoisotopic (exact) mass is 266 g/mol. The number of aromatic nitrogens is 1. The van der Waals surface area contributed by atoms with E-state index in [2.05, 4.69) is 10.3 Å². The van der Waals surface area contributed by atoms with Crippen LogP contribution in [0.4, 0.5) is 11.4 Å². The number of primary sulfonamides is 1. The van der Waals surface area contributed by atoms with Gasteiger partial charge < -0.3 is 11.1 Å². The Bertz CT molecular complexity index is 670. The molecule has 0 bridgehead atoms. The predicted octanol–water partition coefficient (Wildman–Crippen LogP) is 0.517. The lowest BCUT2D eigenvalue weighted by atomic mass is 10.1. The van der Waals surface area contributed by atoms with Gasteiger partial charge >= 0.3 is 0 Å². The Morgan fingerprint density at radius 1 is 1.22 bits per heavy atom. The molecule has 0 fully saturated rings. The van der Waals surface area contributed by atoms with Crippen LogP contribution in [-0.2, 0) is 10.0 Å². The highest BCUT2D eigenvalue weighted by atomic mass is 32.2. The Morgan fingerprint density at radius 3 is 2.72 bits per heavy atom. The van der Waals surface area contributed by atoms with Crippen molar-refractivity contribution in [1.29, 1.82) is 0 Å². The normalized spacial score (nSPS) is 11.6. The largest absolute Gasteiger partial charge is 0.398 e. The van der Waals surface area contributed by atoms with E-state index in [0.29, 0.717) is 5.69 Å². The number of rotatable bonds is 4. The Morgan fingerprint density at radius 2 is 2.00 bits per heavy atom. The smallest absolute Gasteiger partial charge is 0.210 e. The van der Waals surface area contributed by atoms with Gasteiger partial charge in [0, 0.05) is 41.1 Å². The number of benzene rings is 1. The van der Waals surface area contributed by atoms with Crippen LogP contribution in [0, 0.1) is 0 Å². The van der Waals surface area contributed by atoms with Gasteiger partial charge in [0.25, 0.3) is 0 Å². The Labute approximate surface area is 105 Å². The van der Waals surface area contributed by atoms with E-state index >= 15 is 0 Å². The van der Waals surface area contributed by atoms with Gasteiger partial charge in [-0.25, -0.2) is 13.6 Å². The number of nitrogens with two attached hydrogens (primary N) is 2. The number of anilines is 2. The van der Waals surface area contributed by atoms with Crippen LogP contribution in [0.1, 0.15) is 0 Å². The van der Waals surface area contributed by atoms with Crippen molar-refractivity contribution in [2.75, 3.05) is 23.3 Å². The van der Waals surface area contributed by atoms with Gasteiger partial charge in [0.15, 0.2) is 0 Å². The molecule has 0 radical (unpaired) electrons. The van der Waals surface area contributed by atoms with Crippen LogP contribution in [0.3, 0.4) is 0 Å². The van der Waals surface area contributed by atoms with Crippen molar-refractivity contribution < 1.29 is 8.42 Å². The fraction of sp³-hybridized carbons (Fsp3) is 0.182. The second-order valence-electron chi connectivity index (χ2n) is 3.92. The summed E-state index contributed by atoms with van der Waals surface area (Å²) in [6.45, 7) is 0.250. The molecule has 5 N–H and O–H groups in total. The molecule has 6 nitrogen and oxygen atoms in total. The standard InChI is InChI=1S/C11H14N4O2S/c12-10-1-2-11(15-5-6-18(13,16)17)8-3-4-14-7-9(8)10/h1-4,7,15H,5-6,12H2,(H2,13,16,17). The summed E-state index contributed by atoms with van der Waals surface area (Å²) >= 11 is 0. The van der Waals surface area contributed by atoms with Gasteiger partial charge in [0.2, 0.25) is 10.0 Å². The van der Waals surface area contributed by atoms with E-state index in [4.69, 9.17) is 10.9 Å². The first-order valence-electron chi connectivity index (χ1n) is 5.34. The minimum absolute atomic E-state index is 0.121. The van der Waals surface area contributed by atoms with Crippen LogP contribution in [0.15, 0.2) is 30.6 Å². The third-order valence-electron chi connectivity index (χ3n) is 2.55. The summed E-state index contributed by atoms with van der Waals surface area (Å²) < 4.78 is 21.7. The lowest BCUT2D eigenvalue weighted by Gasteiger charge is -2.10. The van der Waals surface area contributed by atoms with Gasteiger partial charge in [0.05, 0.1) is 5.75 Å². The Balaban J connectivity index is 2.26. The molecule has 7 heteroatoms. The van der Waals surface area contributed by atoms with E-state index in [-0.39, 0.29) is 12.3 Å². The molecule has 1 aromatic heterocycles. The first kappa shape index (κ1) is 12.6. The highest BCUT2D eigenvalue weighted by Gasteiger charge is 2.05. The molecule has 1 aromatic carbocycles. The third-order valence-corrected chi connectivity index (χ3v) is 3.33. The van der Waals surface area contributed by atoms with Crippen LogP contribution in [0.5, 0.6) is 0 Å². The average molecular weight is 266 g/mol. The van der Waals surface area contributed by atoms with E-state index in [0.717, 1.165) is 16.5 Å². The SMILES string of the molecule is Nc1ccc(NCCS(N)(=O)=O)c2ccncc12. The number of nitrogen functional groups attached to an aromatic ring is 1. The van der Waals surface area contributed by atoms with Crippen molar-refractivity contribution in [3.05, 3.63) is 30.6 Å². The van der Waals surface area contributed by atoms with Gasteiger partial charge in [-0.2, -0.15) is 0 Å². The fourth-order valence-corrected chi connectivity index (χ4v) is 2.08. The topological polar surface area (TPSA) is 111 Å². The molecule has 0 spiro atoms. The number of sulfonamides is 1. The summed E-state index contributed by atoms with van der Waals surface area (Å²) in [6.07, 6.45) is 3.34. The lowest BCUT2D eigenvalue weighted by Crippen LogP contribution is -2.22. The van der Waals surface area contributed by atoms with E-state index in [9.17, 15) is 8.42 Å². The lowest BCUT2D eigenvalue weighted by molar-refractivity contribution is 0.598. The quantitative estimate of drug-likeness (QED) is 0.698. The van der Waals surface area contributed by atoms with Gasteiger partial charge in [0.1, 0.15) is 0 Å². The van der Waals surface area contributed by atoms with Crippen LogP contribution in [0.25, 0.3) is 10.8 Å². The van der Waals surface area contributed by atoms with E-state index in [1.165, 1.54) is 0 Å². The molecule has 0 amide bonds. The molecule has 0 aliphatic carbocycles. The second kappa shape index (κ2) is 4.79. The highest BCUT2D eigenvalue weighted by Crippen LogP contribution is 2.27. The zero-order chi connectivity index (χ0) is 13.2. The Hall–Kier alpha value is -1.86. The molecule has 2 rings (SSSR count). The van der Waals surface area contributed by atoms with Gasteiger partial charge in [-0.1, -0.05) is 0 Å². The van der Waals surface area contributed by atoms with Crippen molar-refractivity contribution in [1.82, 2.24) is 4.98 Å². The Kier molecular flexibility index (Phi) is 3.35. The maximum atomic E-state index is 10.8. The summed E-state index contributed by atoms with van der Waals surface area (Å²) in [6, 6.07) is 5.38. The maximum Gasteiger partial charge on any atom is 0.210 e. The molecule has 2 aromatic rings. The van der Waals surface area contributed by atoms with Crippen molar-refractivity contribution in [2.24, 2.45) is 5.14 Å². The third kappa shape index (κ3) is 2.88.